The third kappa shape index (κ3) is 4.81. The molecular weight excluding hydrogens is 208 g/mol. The lowest BCUT2D eigenvalue weighted by molar-refractivity contribution is 0.0382. The van der Waals surface area contributed by atoms with Gasteiger partial charge in [0.05, 0.1) is 6.61 Å². The van der Waals surface area contributed by atoms with Gasteiger partial charge in [0, 0.05) is 19.2 Å². The Morgan fingerprint density at radius 2 is 2.25 bits per heavy atom. The number of alkyl carbamates (subject to hydrolysis) is 1. The molecule has 0 aromatic carbocycles. The summed E-state index contributed by atoms with van der Waals surface area (Å²) in [5.74, 6) is 0.279. The number of ether oxygens (including phenoxy) is 2. The molecule has 1 aliphatic heterocycles. The van der Waals surface area contributed by atoms with Crippen molar-refractivity contribution < 1.29 is 14.3 Å². The summed E-state index contributed by atoms with van der Waals surface area (Å²) in [5, 5.41) is 2.74. The number of amides is 1. The van der Waals surface area contributed by atoms with Crippen molar-refractivity contribution in [1.29, 1.82) is 0 Å². The maximum atomic E-state index is 11.4. The monoisotopic (exact) mass is 230 g/mol. The van der Waals surface area contributed by atoms with Crippen molar-refractivity contribution in [2.45, 2.75) is 38.8 Å². The standard InChI is InChI=1S/C11H22N2O3/c1-11(2,3)16-10(14)13-6-8-4-5-15-7-9(8)12/h8-9H,4-7,12H2,1-3H3,(H,13,14). The Morgan fingerprint density at radius 1 is 1.56 bits per heavy atom. The average molecular weight is 230 g/mol. The number of carbonyl (C=O) groups excluding carboxylic acids is 1. The molecule has 1 heterocycles. The second kappa shape index (κ2) is 5.50. The van der Waals surface area contributed by atoms with Gasteiger partial charge < -0.3 is 20.5 Å². The third-order valence-electron chi connectivity index (χ3n) is 2.46. The summed E-state index contributed by atoms with van der Waals surface area (Å²) in [4.78, 5) is 11.4. The molecule has 0 aromatic heterocycles. The maximum Gasteiger partial charge on any atom is 0.407 e. The molecule has 2 atom stereocenters. The minimum Gasteiger partial charge on any atom is -0.444 e. The smallest absolute Gasteiger partial charge is 0.407 e. The maximum absolute atomic E-state index is 11.4. The quantitative estimate of drug-likeness (QED) is 0.738. The van der Waals surface area contributed by atoms with E-state index in [1.54, 1.807) is 0 Å². The van der Waals surface area contributed by atoms with Crippen molar-refractivity contribution in [2.75, 3.05) is 19.8 Å². The van der Waals surface area contributed by atoms with Gasteiger partial charge in [-0.15, -0.1) is 0 Å². The Bertz CT molecular complexity index is 238. The lowest BCUT2D eigenvalue weighted by Gasteiger charge is -2.29. The molecule has 0 bridgehead atoms. The lowest BCUT2D eigenvalue weighted by Crippen LogP contribution is -2.46. The highest BCUT2D eigenvalue weighted by atomic mass is 16.6. The number of carbonyl (C=O) groups is 1. The van der Waals surface area contributed by atoms with E-state index in [1.165, 1.54) is 0 Å². The van der Waals surface area contributed by atoms with Gasteiger partial charge in [-0.25, -0.2) is 4.79 Å². The lowest BCUT2D eigenvalue weighted by atomic mass is 9.96. The highest BCUT2D eigenvalue weighted by Gasteiger charge is 2.23. The molecule has 1 amide bonds. The van der Waals surface area contributed by atoms with Crippen LogP contribution in [0.1, 0.15) is 27.2 Å². The molecule has 1 rings (SSSR count). The van der Waals surface area contributed by atoms with Crippen LogP contribution in [0, 0.1) is 5.92 Å². The molecule has 0 saturated carbocycles. The van der Waals surface area contributed by atoms with Gasteiger partial charge in [-0.1, -0.05) is 0 Å². The molecule has 16 heavy (non-hydrogen) atoms. The summed E-state index contributed by atoms with van der Waals surface area (Å²) < 4.78 is 10.4. The number of hydrogen-bond donors (Lipinski definition) is 2. The van der Waals surface area contributed by atoms with Gasteiger partial charge in [0.15, 0.2) is 0 Å². The van der Waals surface area contributed by atoms with Crippen LogP contribution in [-0.4, -0.2) is 37.5 Å². The van der Waals surface area contributed by atoms with Crippen molar-refractivity contribution in [2.24, 2.45) is 11.7 Å². The zero-order valence-corrected chi connectivity index (χ0v) is 10.3. The van der Waals surface area contributed by atoms with Gasteiger partial charge in [0.1, 0.15) is 5.60 Å². The van der Waals surface area contributed by atoms with Gasteiger partial charge >= 0.3 is 6.09 Å². The first-order chi connectivity index (χ1) is 7.38. The number of rotatable bonds is 2. The van der Waals surface area contributed by atoms with Crippen LogP contribution in [-0.2, 0) is 9.47 Å². The average Bonchev–Trinajstić information content (AvgIpc) is 2.14. The van der Waals surface area contributed by atoms with E-state index in [1.807, 2.05) is 20.8 Å². The molecule has 1 fully saturated rings. The zero-order chi connectivity index (χ0) is 12.2. The van der Waals surface area contributed by atoms with E-state index in [9.17, 15) is 4.79 Å². The molecule has 1 aliphatic rings. The van der Waals surface area contributed by atoms with Crippen molar-refractivity contribution in [3.8, 4) is 0 Å². The summed E-state index contributed by atoms with van der Waals surface area (Å²) in [6.45, 7) is 7.36. The summed E-state index contributed by atoms with van der Waals surface area (Å²) >= 11 is 0. The predicted molar refractivity (Wildman–Crippen MR) is 61.1 cm³/mol. The molecule has 0 spiro atoms. The van der Waals surface area contributed by atoms with Crippen LogP contribution in [0.15, 0.2) is 0 Å². The number of hydrogen-bond acceptors (Lipinski definition) is 4. The first kappa shape index (κ1) is 13.3. The van der Waals surface area contributed by atoms with Gasteiger partial charge in [-0.2, -0.15) is 0 Å². The SMILES string of the molecule is CC(C)(C)OC(=O)NCC1CCOCC1N. The Kier molecular flexibility index (Phi) is 4.56. The van der Waals surface area contributed by atoms with Crippen LogP contribution in [0.3, 0.4) is 0 Å². The molecule has 5 heteroatoms. The summed E-state index contributed by atoms with van der Waals surface area (Å²) in [7, 11) is 0. The van der Waals surface area contributed by atoms with E-state index in [-0.39, 0.29) is 18.1 Å². The van der Waals surface area contributed by atoms with Crippen molar-refractivity contribution >= 4 is 6.09 Å². The van der Waals surface area contributed by atoms with E-state index < -0.39 is 5.60 Å². The van der Waals surface area contributed by atoms with Crippen LogP contribution in [0.4, 0.5) is 4.79 Å². The number of nitrogens with one attached hydrogen (secondary N) is 1. The van der Waals surface area contributed by atoms with E-state index in [0.29, 0.717) is 19.8 Å². The fourth-order valence-corrected chi connectivity index (χ4v) is 1.59. The van der Waals surface area contributed by atoms with Crippen molar-refractivity contribution in [3.05, 3.63) is 0 Å². The van der Waals surface area contributed by atoms with Crippen LogP contribution in [0.2, 0.25) is 0 Å². The molecule has 0 aromatic rings. The fraction of sp³-hybridized carbons (Fsp3) is 0.909. The van der Waals surface area contributed by atoms with Crippen molar-refractivity contribution in [3.63, 3.8) is 0 Å². The van der Waals surface area contributed by atoms with Crippen LogP contribution in [0.5, 0.6) is 0 Å². The fourth-order valence-electron chi connectivity index (χ4n) is 1.59. The molecule has 5 nitrogen and oxygen atoms in total. The summed E-state index contributed by atoms with van der Waals surface area (Å²) in [5.41, 5.74) is 5.42. The molecular formula is C11H22N2O3. The van der Waals surface area contributed by atoms with E-state index in [2.05, 4.69) is 5.32 Å². The van der Waals surface area contributed by atoms with Gasteiger partial charge in [-0.05, 0) is 33.1 Å². The van der Waals surface area contributed by atoms with Gasteiger partial charge in [0.2, 0.25) is 0 Å². The summed E-state index contributed by atoms with van der Waals surface area (Å²) in [6, 6.07) is 0.00341. The third-order valence-corrected chi connectivity index (χ3v) is 2.46. The van der Waals surface area contributed by atoms with Gasteiger partial charge in [0.25, 0.3) is 0 Å². The minimum atomic E-state index is -0.456. The Hall–Kier alpha value is -0.810. The predicted octanol–water partition coefficient (Wildman–Crippen LogP) is 0.875. The summed E-state index contributed by atoms with van der Waals surface area (Å²) in [6.07, 6.45) is 0.503. The number of nitrogens with two attached hydrogens (primary N) is 1. The Balaban J connectivity index is 2.25. The second-order valence-electron chi connectivity index (χ2n) is 5.17. The van der Waals surface area contributed by atoms with E-state index in [4.69, 9.17) is 15.2 Å². The first-order valence-corrected chi connectivity index (χ1v) is 5.68. The molecule has 1 saturated heterocycles. The molecule has 3 N–H and O–H groups in total. The second-order valence-corrected chi connectivity index (χ2v) is 5.17. The molecule has 0 radical (unpaired) electrons. The zero-order valence-electron chi connectivity index (χ0n) is 10.3. The molecule has 2 unspecified atom stereocenters. The first-order valence-electron chi connectivity index (χ1n) is 5.68. The Morgan fingerprint density at radius 3 is 2.81 bits per heavy atom. The van der Waals surface area contributed by atoms with Crippen LogP contribution in [0.25, 0.3) is 0 Å². The van der Waals surface area contributed by atoms with E-state index >= 15 is 0 Å². The van der Waals surface area contributed by atoms with Crippen LogP contribution >= 0.6 is 0 Å². The largest absolute Gasteiger partial charge is 0.444 e. The Labute approximate surface area is 96.7 Å². The van der Waals surface area contributed by atoms with Crippen LogP contribution < -0.4 is 11.1 Å². The topological polar surface area (TPSA) is 73.6 Å². The highest BCUT2D eigenvalue weighted by Crippen LogP contribution is 2.13. The molecule has 0 aliphatic carbocycles. The van der Waals surface area contributed by atoms with E-state index in [0.717, 1.165) is 6.42 Å². The van der Waals surface area contributed by atoms with Gasteiger partial charge in [-0.3, -0.25) is 0 Å². The highest BCUT2D eigenvalue weighted by molar-refractivity contribution is 5.67. The van der Waals surface area contributed by atoms with Crippen molar-refractivity contribution in [1.82, 2.24) is 5.32 Å². The minimum absolute atomic E-state index is 0.00341. The normalized spacial score (nSPS) is 26.2. The molecule has 94 valence electrons.